The number of aryl methyl sites for hydroxylation is 1. The van der Waals surface area contributed by atoms with Gasteiger partial charge in [-0.1, -0.05) is 30.3 Å². The lowest BCUT2D eigenvalue weighted by Gasteiger charge is -2.18. The van der Waals surface area contributed by atoms with E-state index in [1.165, 1.54) is 18.2 Å². The van der Waals surface area contributed by atoms with Gasteiger partial charge in [0.15, 0.2) is 5.82 Å². The van der Waals surface area contributed by atoms with Crippen molar-refractivity contribution in [2.45, 2.75) is 19.8 Å². The molecule has 1 saturated heterocycles. The lowest BCUT2D eigenvalue weighted by Crippen LogP contribution is -2.19. The van der Waals surface area contributed by atoms with Gasteiger partial charge in [0.1, 0.15) is 10.6 Å². The Bertz CT molecular complexity index is 773. The van der Waals surface area contributed by atoms with Crippen LogP contribution in [0.2, 0.25) is 0 Å². The normalized spacial score (nSPS) is 15.0. The molecule has 0 bridgehead atoms. The summed E-state index contributed by atoms with van der Waals surface area (Å²) in [6, 6.07) is 10.2. The number of rotatable bonds is 2. The summed E-state index contributed by atoms with van der Waals surface area (Å²) in [6.45, 7) is 4.29. The predicted molar refractivity (Wildman–Crippen MR) is 87.9 cm³/mol. The van der Waals surface area contributed by atoms with E-state index in [0.29, 0.717) is 0 Å². The van der Waals surface area contributed by atoms with Gasteiger partial charge in [-0.25, -0.2) is 9.97 Å². The van der Waals surface area contributed by atoms with Gasteiger partial charge in [-0.3, -0.25) is 0 Å². The van der Waals surface area contributed by atoms with Gasteiger partial charge in [-0.05, 0) is 25.3 Å². The molecule has 0 spiro atoms. The van der Waals surface area contributed by atoms with Gasteiger partial charge in [0.05, 0.1) is 10.8 Å². The van der Waals surface area contributed by atoms with Crippen LogP contribution in [-0.2, 0) is 0 Å². The van der Waals surface area contributed by atoms with Gasteiger partial charge in [0, 0.05) is 18.7 Å². The van der Waals surface area contributed by atoms with Gasteiger partial charge < -0.3 is 4.90 Å². The van der Waals surface area contributed by atoms with Gasteiger partial charge in [0.25, 0.3) is 0 Å². The van der Waals surface area contributed by atoms with Crippen LogP contribution in [-0.4, -0.2) is 23.1 Å². The molecule has 1 radical (unpaired) electrons. The van der Waals surface area contributed by atoms with Crippen LogP contribution in [0.1, 0.15) is 18.4 Å². The highest BCUT2D eigenvalue weighted by Crippen LogP contribution is 2.34. The Labute approximate surface area is 128 Å². The third kappa shape index (κ3) is 2.20. The minimum atomic E-state index is 0.820. The summed E-state index contributed by atoms with van der Waals surface area (Å²) in [5.74, 6) is 1.91. The molecule has 0 atom stereocenters. The molecule has 0 saturated carbocycles. The van der Waals surface area contributed by atoms with Crippen molar-refractivity contribution >= 4 is 27.4 Å². The molecule has 0 amide bonds. The van der Waals surface area contributed by atoms with E-state index in [1.54, 1.807) is 11.3 Å². The molecule has 21 heavy (non-hydrogen) atoms. The molecule has 0 N–H and O–H groups in total. The highest BCUT2D eigenvalue weighted by Gasteiger charge is 2.20. The Morgan fingerprint density at radius 1 is 1.10 bits per heavy atom. The Balaban J connectivity index is 1.94. The Kier molecular flexibility index (Phi) is 3.11. The number of aromatic nitrogens is 2. The predicted octanol–water partition coefficient (Wildman–Crippen LogP) is 4.07. The monoisotopic (exact) mass is 294 g/mol. The molecule has 2 aromatic heterocycles. The molecule has 1 fully saturated rings. The number of hydrogen-bond acceptors (Lipinski definition) is 4. The molecule has 1 aliphatic rings. The van der Waals surface area contributed by atoms with E-state index in [2.05, 4.69) is 29.3 Å². The van der Waals surface area contributed by atoms with E-state index in [-0.39, 0.29) is 0 Å². The first kappa shape index (κ1) is 12.8. The first-order valence-electron chi connectivity index (χ1n) is 7.32. The average molecular weight is 294 g/mol. The van der Waals surface area contributed by atoms with Crippen molar-refractivity contribution < 1.29 is 0 Å². The summed E-state index contributed by atoms with van der Waals surface area (Å²) < 4.78 is 0. The Hall–Kier alpha value is -1.94. The van der Waals surface area contributed by atoms with Crippen molar-refractivity contribution in [3.8, 4) is 11.4 Å². The minimum absolute atomic E-state index is 0.820. The number of thiophene rings is 1. The van der Waals surface area contributed by atoms with E-state index in [4.69, 9.17) is 9.97 Å². The first-order chi connectivity index (χ1) is 10.3. The fourth-order valence-corrected chi connectivity index (χ4v) is 3.71. The standard InChI is InChI=1S/C17H16N3S/c1-12-11-21-17-14(12)16(20-9-5-6-10-20)18-15(19-17)13-7-3-2-4-8-13/h2-4,7-8H,5-6,9-10H2,1H3. The second-order valence-corrected chi connectivity index (χ2v) is 6.24. The van der Waals surface area contributed by atoms with Crippen molar-refractivity contribution in [3.63, 3.8) is 0 Å². The molecule has 4 heteroatoms. The smallest absolute Gasteiger partial charge is 0.163 e. The maximum Gasteiger partial charge on any atom is 0.163 e. The van der Waals surface area contributed by atoms with Crippen molar-refractivity contribution in [1.29, 1.82) is 0 Å². The molecule has 3 heterocycles. The van der Waals surface area contributed by atoms with E-state index >= 15 is 0 Å². The fourth-order valence-electron chi connectivity index (χ4n) is 2.88. The summed E-state index contributed by atoms with van der Waals surface area (Å²) in [4.78, 5) is 13.1. The van der Waals surface area contributed by atoms with Crippen LogP contribution in [0, 0.1) is 12.3 Å². The SMILES string of the molecule is Cc1[c]sc2nc(-c3ccccc3)nc(N3CCCC3)c12. The molecular weight excluding hydrogens is 278 g/mol. The van der Waals surface area contributed by atoms with E-state index in [0.717, 1.165) is 40.7 Å². The third-order valence-electron chi connectivity index (χ3n) is 3.97. The highest BCUT2D eigenvalue weighted by molar-refractivity contribution is 7.16. The zero-order chi connectivity index (χ0) is 14.2. The van der Waals surface area contributed by atoms with Crippen LogP contribution in [0.4, 0.5) is 5.82 Å². The van der Waals surface area contributed by atoms with Crippen LogP contribution < -0.4 is 4.90 Å². The van der Waals surface area contributed by atoms with E-state index in [1.807, 2.05) is 18.2 Å². The van der Waals surface area contributed by atoms with Gasteiger partial charge in [0.2, 0.25) is 0 Å². The second-order valence-electron chi connectivity index (χ2n) is 5.44. The number of nitrogens with zero attached hydrogens (tertiary/aromatic N) is 3. The lowest BCUT2D eigenvalue weighted by molar-refractivity contribution is 0.941. The molecular formula is C17H16N3S. The molecule has 4 rings (SSSR count). The summed E-state index contributed by atoms with van der Waals surface area (Å²) in [5, 5.41) is 4.51. The fraction of sp³-hybridized carbons (Fsp3) is 0.294. The molecule has 1 aliphatic heterocycles. The highest BCUT2D eigenvalue weighted by atomic mass is 32.1. The van der Waals surface area contributed by atoms with Gasteiger partial charge in [-0.15, -0.1) is 11.3 Å². The molecule has 3 nitrogen and oxygen atoms in total. The number of fused-ring (bicyclic) bond motifs is 1. The van der Waals surface area contributed by atoms with Crippen LogP contribution in [0.3, 0.4) is 0 Å². The zero-order valence-corrected chi connectivity index (χ0v) is 12.8. The lowest BCUT2D eigenvalue weighted by atomic mass is 10.2. The third-order valence-corrected chi connectivity index (χ3v) is 4.87. The number of hydrogen-bond donors (Lipinski definition) is 0. The molecule has 3 aromatic rings. The summed E-state index contributed by atoms with van der Waals surface area (Å²) in [5.41, 5.74) is 2.24. The summed E-state index contributed by atoms with van der Waals surface area (Å²) >= 11 is 1.59. The van der Waals surface area contributed by atoms with Crippen LogP contribution in [0.25, 0.3) is 21.6 Å². The zero-order valence-electron chi connectivity index (χ0n) is 12.0. The topological polar surface area (TPSA) is 29.0 Å². The Morgan fingerprint density at radius 3 is 2.62 bits per heavy atom. The average Bonchev–Trinajstić information content (AvgIpc) is 3.18. The molecule has 0 aliphatic carbocycles. The second kappa shape index (κ2) is 5.11. The van der Waals surface area contributed by atoms with E-state index < -0.39 is 0 Å². The molecule has 1 aromatic carbocycles. The number of anilines is 1. The van der Waals surface area contributed by atoms with E-state index in [9.17, 15) is 0 Å². The molecule has 0 unspecified atom stereocenters. The first-order valence-corrected chi connectivity index (χ1v) is 8.14. The van der Waals surface area contributed by atoms with Crippen molar-refractivity contribution in [2.24, 2.45) is 0 Å². The minimum Gasteiger partial charge on any atom is -0.356 e. The van der Waals surface area contributed by atoms with Crippen molar-refractivity contribution in [2.75, 3.05) is 18.0 Å². The van der Waals surface area contributed by atoms with Crippen LogP contribution in [0.5, 0.6) is 0 Å². The van der Waals surface area contributed by atoms with Gasteiger partial charge in [-0.2, -0.15) is 0 Å². The Morgan fingerprint density at radius 2 is 1.86 bits per heavy atom. The maximum atomic E-state index is 4.89. The molecule has 105 valence electrons. The van der Waals surface area contributed by atoms with Crippen LogP contribution in [0.15, 0.2) is 30.3 Å². The summed E-state index contributed by atoms with van der Waals surface area (Å²) in [7, 11) is 0. The van der Waals surface area contributed by atoms with Gasteiger partial charge >= 0.3 is 0 Å². The largest absolute Gasteiger partial charge is 0.356 e. The van der Waals surface area contributed by atoms with Crippen LogP contribution >= 0.6 is 11.3 Å². The number of benzene rings is 1. The summed E-state index contributed by atoms with van der Waals surface area (Å²) in [6.07, 6.45) is 2.50. The quantitative estimate of drug-likeness (QED) is 0.713. The van der Waals surface area contributed by atoms with Crippen molar-refractivity contribution in [1.82, 2.24) is 9.97 Å². The van der Waals surface area contributed by atoms with Crippen molar-refractivity contribution in [3.05, 3.63) is 41.3 Å². The maximum absolute atomic E-state index is 4.89.